The highest BCUT2D eigenvalue weighted by atomic mass is 35.5. The molecule has 0 aromatic heterocycles. The van der Waals surface area contributed by atoms with E-state index < -0.39 is 5.41 Å². The number of benzene rings is 2. The molecule has 1 N–H and O–H groups in total. The predicted molar refractivity (Wildman–Crippen MR) is 113 cm³/mol. The Morgan fingerprint density at radius 2 is 1.48 bits per heavy atom. The number of piperidine rings is 1. The van der Waals surface area contributed by atoms with Gasteiger partial charge in [-0.2, -0.15) is 0 Å². The van der Waals surface area contributed by atoms with E-state index in [0.29, 0.717) is 5.02 Å². The number of hydrogen-bond donors (Lipinski definition) is 1. The van der Waals surface area contributed by atoms with Crippen molar-refractivity contribution in [2.45, 2.75) is 50.4 Å². The number of rotatable bonds is 4. The van der Waals surface area contributed by atoms with Gasteiger partial charge in [-0.25, -0.2) is 0 Å². The Kier molecular flexibility index (Phi) is 5.40. The van der Waals surface area contributed by atoms with Crippen molar-refractivity contribution in [3.8, 4) is 0 Å². The van der Waals surface area contributed by atoms with Crippen molar-refractivity contribution < 1.29 is 4.79 Å². The number of carbonyl (C=O) groups excluding carboxylic acids is 1. The maximum absolute atomic E-state index is 13.3. The van der Waals surface area contributed by atoms with Gasteiger partial charge in [-0.3, -0.25) is 4.79 Å². The minimum Gasteiger partial charge on any atom is -0.372 e. The van der Waals surface area contributed by atoms with Gasteiger partial charge in [0.2, 0.25) is 5.91 Å². The van der Waals surface area contributed by atoms with E-state index in [9.17, 15) is 4.79 Å². The van der Waals surface area contributed by atoms with Gasteiger partial charge in [0, 0.05) is 29.5 Å². The molecule has 1 heterocycles. The Balaban J connectivity index is 1.50. The van der Waals surface area contributed by atoms with Gasteiger partial charge < -0.3 is 10.2 Å². The van der Waals surface area contributed by atoms with Gasteiger partial charge in [0.25, 0.3) is 0 Å². The number of nitrogens with one attached hydrogen (secondary N) is 1. The van der Waals surface area contributed by atoms with Crippen molar-refractivity contribution in [1.82, 2.24) is 0 Å². The molecule has 0 radical (unpaired) electrons. The van der Waals surface area contributed by atoms with Crippen molar-refractivity contribution in [2.75, 3.05) is 23.3 Å². The predicted octanol–water partition coefficient (Wildman–Crippen LogP) is 5.78. The van der Waals surface area contributed by atoms with E-state index in [1.54, 1.807) is 0 Å². The van der Waals surface area contributed by atoms with Crippen LogP contribution in [0.5, 0.6) is 0 Å². The molecule has 0 spiro atoms. The monoisotopic (exact) mass is 382 g/mol. The molecule has 1 saturated heterocycles. The Labute approximate surface area is 166 Å². The van der Waals surface area contributed by atoms with E-state index >= 15 is 0 Å². The molecule has 1 saturated carbocycles. The lowest BCUT2D eigenvalue weighted by atomic mass is 9.78. The summed E-state index contributed by atoms with van der Waals surface area (Å²) in [6.45, 7) is 2.26. The van der Waals surface area contributed by atoms with E-state index in [4.69, 9.17) is 11.6 Å². The summed E-state index contributed by atoms with van der Waals surface area (Å²) in [6, 6.07) is 16.1. The summed E-state index contributed by atoms with van der Waals surface area (Å²) < 4.78 is 0. The van der Waals surface area contributed by atoms with Gasteiger partial charge >= 0.3 is 0 Å². The molecule has 2 aromatic rings. The fourth-order valence-corrected chi connectivity index (χ4v) is 4.68. The molecule has 2 fully saturated rings. The molecule has 3 nitrogen and oxygen atoms in total. The SMILES string of the molecule is O=C(Nc1ccc(N2CCCCC2)cc1)C1(c2ccc(Cl)cc2)CCCC1. The first-order valence-electron chi connectivity index (χ1n) is 10.1. The summed E-state index contributed by atoms with van der Waals surface area (Å²) in [5, 5.41) is 3.89. The number of anilines is 2. The van der Waals surface area contributed by atoms with Crippen LogP contribution in [0.25, 0.3) is 0 Å². The molecule has 2 aromatic carbocycles. The van der Waals surface area contributed by atoms with Gasteiger partial charge in [-0.05, 0) is 74.1 Å². The van der Waals surface area contributed by atoms with Crippen LogP contribution in [0.2, 0.25) is 5.02 Å². The molecule has 0 bridgehead atoms. The second-order valence-electron chi connectivity index (χ2n) is 7.84. The highest BCUT2D eigenvalue weighted by molar-refractivity contribution is 6.30. The summed E-state index contributed by atoms with van der Waals surface area (Å²) in [4.78, 5) is 15.7. The van der Waals surface area contributed by atoms with Crippen LogP contribution < -0.4 is 10.2 Å². The first-order chi connectivity index (χ1) is 13.2. The van der Waals surface area contributed by atoms with Gasteiger partial charge in [-0.15, -0.1) is 0 Å². The minimum atomic E-state index is -0.434. The van der Waals surface area contributed by atoms with Crippen molar-refractivity contribution in [3.63, 3.8) is 0 Å². The maximum Gasteiger partial charge on any atom is 0.235 e. The third-order valence-electron chi connectivity index (χ3n) is 6.13. The second-order valence-corrected chi connectivity index (χ2v) is 8.28. The summed E-state index contributed by atoms with van der Waals surface area (Å²) in [5.41, 5.74) is 2.77. The number of halogens is 1. The number of amides is 1. The lowest BCUT2D eigenvalue weighted by Crippen LogP contribution is -2.38. The fraction of sp³-hybridized carbons (Fsp3) is 0.435. The van der Waals surface area contributed by atoms with Crippen molar-refractivity contribution in [1.29, 1.82) is 0 Å². The highest BCUT2D eigenvalue weighted by Crippen LogP contribution is 2.42. The van der Waals surface area contributed by atoms with Gasteiger partial charge in [0.1, 0.15) is 0 Å². The Morgan fingerprint density at radius 3 is 2.11 bits per heavy atom. The molecule has 142 valence electrons. The fourth-order valence-electron chi connectivity index (χ4n) is 4.55. The molecule has 1 aliphatic heterocycles. The van der Waals surface area contributed by atoms with Crippen LogP contribution in [0.1, 0.15) is 50.5 Å². The Bertz CT molecular complexity index is 773. The third-order valence-corrected chi connectivity index (χ3v) is 6.39. The van der Waals surface area contributed by atoms with E-state index in [2.05, 4.69) is 22.3 Å². The van der Waals surface area contributed by atoms with Crippen molar-refractivity contribution >= 4 is 28.9 Å². The van der Waals surface area contributed by atoms with E-state index in [1.807, 2.05) is 36.4 Å². The Morgan fingerprint density at radius 1 is 0.852 bits per heavy atom. The molecule has 2 aliphatic rings. The standard InChI is InChI=1S/C23H27ClN2O/c24-19-8-6-18(7-9-19)23(14-2-3-15-23)22(27)25-20-10-12-21(13-11-20)26-16-4-1-5-17-26/h6-13H,1-5,14-17H2,(H,25,27). The van der Waals surface area contributed by atoms with E-state index in [0.717, 1.165) is 50.0 Å². The lowest BCUT2D eigenvalue weighted by molar-refractivity contribution is -0.121. The largest absolute Gasteiger partial charge is 0.372 e. The molecule has 4 rings (SSSR count). The maximum atomic E-state index is 13.3. The number of carbonyl (C=O) groups is 1. The third kappa shape index (κ3) is 3.84. The molecule has 27 heavy (non-hydrogen) atoms. The second kappa shape index (κ2) is 7.93. The highest BCUT2D eigenvalue weighted by Gasteiger charge is 2.42. The zero-order valence-electron chi connectivity index (χ0n) is 15.7. The average Bonchev–Trinajstić information content (AvgIpc) is 3.21. The molecule has 4 heteroatoms. The van der Waals surface area contributed by atoms with Crippen LogP contribution in [-0.4, -0.2) is 19.0 Å². The summed E-state index contributed by atoms with van der Waals surface area (Å²) in [6.07, 6.45) is 7.83. The molecule has 0 unspecified atom stereocenters. The molecular weight excluding hydrogens is 356 g/mol. The summed E-state index contributed by atoms with van der Waals surface area (Å²) >= 11 is 6.05. The smallest absolute Gasteiger partial charge is 0.235 e. The average molecular weight is 383 g/mol. The molecule has 1 amide bonds. The van der Waals surface area contributed by atoms with Crippen LogP contribution in [0, 0.1) is 0 Å². The number of nitrogens with zero attached hydrogens (tertiary/aromatic N) is 1. The van der Waals surface area contributed by atoms with E-state index in [-0.39, 0.29) is 5.91 Å². The van der Waals surface area contributed by atoms with E-state index in [1.165, 1.54) is 24.9 Å². The quantitative estimate of drug-likeness (QED) is 0.726. The van der Waals surface area contributed by atoms with Gasteiger partial charge in [0.15, 0.2) is 0 Å². The summed E-state index contributed by atoms with van der Waals surface area (Å²) in [7, 11) is 0. The van der Waals surface area contributed by atoms with Crippen LogP contribution in [-0.2, 0) is 10.2 Å². The molecule has 1 aliphatic carbocycles. The van der Waals surface area contributed by atoms with Crippen molar-refractivity contribution in [2.24, 2.45) is 0 Å². The van der Waals surface area contributed by atoms with Crippen LogP contribution in [0.3, 0.4) is 0 Å². The normalized spacial score (nSPS) is 19.1. The van der Waals surface area contributed by atoms with Crippen LogP contribution in [0.4, 0.5) is 11.4 Å². The molecular formula is C23H27ClN2O. The van der Waals surface area contributed by atoms with Gasteiger partial charge in [-0.1, -0.05) is 36.6 Å². The van der Waals surface area contributed by atoms with Crippen molar-refractivity contribution in [3.05, 3.63) is 59.1 Å². The van der Waals surface area contributed by atoms with Crippen LogP contribution >= 0.6 is 11.6 Å². The Hall–Kier alpha value is -2.00. The first kappa shape index (κ1) is 18.4. The van der Waals surface area contributed by atoms with Gasteiger partial charge in [0.05, 0.1) is 5.41 Å². The number of hydrogen-bond acceptors (Lipinski definition) is 2. The summed E-state index contributed by atoms with van der Waals surface area (Å²) in [5.74, 6) is 0.105. The topological polar surface area (TPSA) is 32.3 Å². The first-order valence-corrected chi connectivity index (χ1v) is 10.5. The zero-order valence-corrected chi connectivity index (χ0v) is 16.5. The zero-order chi connectivity index (χ0) is 18.7. The lowest BCUT2D eigenvalue weighted by Gasteiger charge is -2.30. The molecule has 0 atom stereocenters. The van der Waals surface area contributed by atoms with Crippen LogP contribution in [0.15, 0.2) is 48.5 Å². The minimum absolute atomic E-state index is 0.105.